The molecule has 0 aromatic carbocycles. The molecule has 168 valence electrons. The SMILES string of the molecule is CCCCCCCCCCCCCCCCNC(=O)CCCCCCCNC. The number of hydrogen-bond donors (Lipinski definition) is 2. The largest absolute Gasteiger partial charge is 0.356 e. The van der Waals surface area contributed by atoms with E-state index in [-0.39, 0.29) is 5.91 Å². The molecule has 1 amide bonds. The minimum atomic E-state index is 0.255. The van der Waals surface area contributed by atoms with Crippen LogP contribution in [-0.2, 0) is 4.79 Å². The van der Waals surface area contributed by atoms with Gasteiger partial charge in [-0.15, -0.1) is 0 Å². The first kappa shape index (κ1) is 27.4. The van der Waals surface area contributed by atoms with Crippen LogP contribution < -0.4 is 10.6 Å². The Bertz CT molecular complexity index is 307. The van der Waals surface area contributed by atoms with Gasteiger partial charge in [0.1, 0.15) is 0 Å². The predicted octanol–water partition coefficient (Wildman–Crippen LogP) is 7.14. The summed E-state index contributed by atoms with van der Waals surface area (Å²) in [6, 6.07) is 0. The van der Waals surface area contributed by atoms with Crippen molar-refractivity contribution in [1.29, 1.82) is 0 Å². The van der Waals surface area contributed by atoms with Crippen molar-refractivity contribution in [1.82, 2.24) is 10.6 Å². The normalized spacial score (nSPS) is 11.1. The zero-order valence-electron chi connectivity index (χ0n) is 19.5. The van der Waals surface area contributed by atoms with Crippen LogP contribution >= 0.6 is 0 Å². The molecule has 0 spiro atoms. The molecule has 0 aliphatic rings. The molecule has 2 N–H and O–H groups in total. The molecule has 28 heavy (non-hydrogen) atoms. The summed E-state index contributed by atoms with van der Waals surface area (Å²) < 4.78 is 0. The van der Waals surface area contributed by atoms with E-state index in [9.17, 15) is 4.79 Å². The maximum Gasteiger partial charge on any atom is 0.219 e. The van der Waals surface area contributed by atoms with Gasteiger partial charge in [0.15, 0.2) is 0 Å². The van der Waals surface area contributed by atoms with Gasteiger partial charge in [0.25, 0.3) is 0 Å². The average molecular weight is 397 g/mol. The van der Waals surface area contributed by atoms with E-state index in [0.717, 1.165) is 25.9 Å². The Balaban J connectivity index is 3.11. The highest BCUT2D eigenvalue weighted by Gasteiger charge is 2.00. The van der Waals surface area contributed by atoms with E-state index >= 15 is 0 Å². The molecule has 0 aliphatic heterocycles. The summed E-state index contributed by atoms with van der Waals surface area (Å²) in [7, 11) is 2.00. The van der Waals surface area contributed by atoms with Gasteiger partial charge in [-0.1, -0.05) is 110 Å². The smallest absolute Gasteiger partial charge is 0.219 e. The van der Waals surface area contributed by atoms with E-state index in [0.29, 0.717) is 6.42 Å². The monoisotopic (exact) mass is 396 g/mol. The van der Waals surface area contributed by atoms with Crippen LogP contribution in [0.15, 0.2) is 0 Å². The van der Waals surface area contributed by atoms with E-state index < -0.39 is 0 Å². The third-order valence-corrected chi connectivity index (χ3v) is 5.68. The molecule has 0 radical (unpaired) electrons. The zero-order chi connectivity index (χ0) is 20.5. The van der Waals surface area contributed by atoms with Crippen molar-refractivity contribution in [2.45, 2.75) is 135 Å². The number of rotatable bonds is 23. The van der Waals surface area contributed by atoms with Crippen LogP contribution in [0.3, 0.4) is 0 Å². The lowest BCUT2D eigenvalue weighted by Crippen LogP contribution is -2.23. The Hall–Kier alpha value is -0.570. The van der Waals surface area contributed by atoms with Crippen molar-refractivity contribution >= 4 is 5.91 Å². The first-order chi connectivity index (χ1) is 13.8. The summed E-state index contributed by atoms with van der Waals surface area (Å²) in [5, 5.41) is 6.26. The van der Waals surface area contributed by atoms with Crippen LogP contribution in [0.4, 0.5) is 0 Å². The molecular weight excluding hydrogens is 344 g/mol. The highest BCUT2D eigenvalue weighted by Crippen LogP contribution is 2.12. The fourth-order valence-corrected chi connectivity index (χ4v) is 3.75. The van der Waals surface area contributed by atoms with Gasteiger partial charge in [-0.3, -0.25) is 4.79 Å². The highest BCUT2D eigenvalue weighted by molar-refractivity contribution is 5.75. The Labute approximate surface area is 177 Å². The van der Waals surface area contributed by atoms with Gasteiger partial charge in [-0.25, -0.2) is 0 Å². The number of amides is 1. The molecule has 0 aromatic rings. The Morgan fingerprint density at radius 1 is 0.536 bits per heavy atom. The van der Waals surface area contributed by atoms with Gasteiger partial charge in [-0.2, -0.15) is 0 Å². The first-order valence-corrected chi connectivity index (χ1v) is 12.7. The molecular formula is C25H52N2O. The zero-order valence-corrected chi connectivity index (χ0v) is 19.5. The maximum atomic E-state index is 11.8. The van der Waals surface area contributed by atoms with Gasteiger partial charge in [-0.05, 0) is 32.9 Å². The van der Waals surface area contributed by atoms with Gasteiger partial charge in [0, 0.05) is 13.0 Å². The number of nitrogens with one attached hydrogen (secondary N) is 2. The number of hydrogen-bond acceptors (Lipinski definition) is 2. The number of carbonyl (C=O) groups is 1. The predicted molar refractivity (Wildman–Crippen MR) is 125 cm³/mol. The van der Waals surface area contributed by atoms with E-state index in [1.165, 1.54) is 109 Å². The molecule has 0 rings (SSSR count). The molecule has 3 heteroatoms. The van der Waals surface area contributed by atoms with E-state index in [4.69, 9.17) is 0 Å². The molecule has 0 fully saturated rings. The van der Waals surface area contributed by atoms with Gasteiger partial charge in [0.2, 0.25) is 5.91 Å². The van der Waals surface area contributed by atoms with Crippen molar-refractivity contribution < 1.29 is 4.79 Å². The summed E-state index contributed by atoms with van der Waals surface area (Å²) in [6.45, 7) is 4.27. The molecule has 0 heterocycles. The van der Waals surface area contributed by atoms with Crippen molar-refractivity contribution in [3.05, 3.63) is 0 Å². The quantitative estimate of drug-likeness (QED) is 0.180. The Morgan fingerprint density at radius 3 is 1.39 bits per heavy atom. The maximum absolute atomic E-state index is 11.8. The highest BCUT2D eigenvalue weighted by atomic mass is 16.1. The number of carbonyl (C=O) groups excluding carboxylic acids is 1. The molecule has 3 nitrogen and oxygen atoms in total. The number of unbranched alkanes of at least 4 members (excludes halogenated alkanes) is 17. The van der Waals surface area contributed by atoms with E-state index in [1.807, 2.05) is 7.05 Å². The minimum absolute atomic E-state index is 0.255. The molecule has 0 aliphatic carbocycles. The molecule has 0 unspecified atom stereocenters. The Kier molecular flexibility index (Phi) is 24.0. The van der Waals surface area contributed by atoms with Crippen LogP contribution in [0.1, 0.15) is 135 Å². The summed E-state index contributed by atoms with van der Waals surface area (Å²) >= 11 is 0. The standard InChI is InChI=1S/C25H52N2O/c1-3-4-5-6-7-8-9-10-11-12-13-14-18-21-24-27-25(28)22-19-16-15-17-20-23-26-2/h26H,3-24H2,1-2H3,(H,27,28). The molecule has 0 aromatic heterocycles. The fourth-order valence-electron chi connectivity index (χ4n) is 3.75. The summed E-state index contributed by atoms with van der Waals surface area (Å²) in [4.78, 5) is 11.8. The fraction of sp³-hybridized carbons (Fsp3) is 0.960. The van der Waals surface area contributed by atoms with Crippen LogP contribution in [0.5, 0.6) is 0 Å². The van der Waals surface area contributed by atoms with Gasteiger partial charge < -0.3 is 10.6 Å². The first-order valence-electron chi connectivity index (χ1n) is 12.7. The lowest BCUT2D eigenvalue weighted by molar-refractivity contribution is -0.121. The minimum Gasteiger partial charge on any atom is -0.356 e. The third kappa shape index (κ3) is 23.5. The summed E-state index contributed by atoms with van der Waals surface area (Å²) in [5.74, 6) is 0.255. The van der Waals surface area contributed by atoms with Crippen LogP contribution in [0, 0.1) is 0 Å². The van der Waals surface area contributed by atoms with Gasteiger partial charge >= 0.3 is 0 Å². The topological polar surface area (TPSA) is 41.1 Å². The molecule has 0 saturated carbocycles. The second kappa shape index (κ2) is 24.5. The lowest BCUT2D eigenvalue weighted by atomic mass is 10.0. The van der Waals surface area contributed by atoms with Crippen molar-refractivity contribution in [2.75, 3.05) is 20.1 Å². The van der Waals surface area contributed by atoms with E-state index in [2.05, 4.69) is 17.6 Å². The lowest BCUT2D eigenvalue weighted by Gasteiger charge is -2.06. The van der Waals surface area contributed by atoms with Crippen molar-refractivity contribution in [2.24, 2.45) is 0 Å². The van der Waals surface area contributed by atoms with Crippen LogP contribution in [-0.4, -0.2) is 26.0 Å². The second-order valence-electron chi connectivity index (χ2n) is 8.57. The van der Waals surface area contributed by atoms with Crippen LogP contribution in [0.25, 0.3) is 0 Å². The van der Waals surface area contributed by atoms with Crippen molar-refractivity contribution in [3.8, 4) is 0 Å². The third-order valence-electron chi connectivity index (χ3n) is 5.68. The molecule has 0 atom stereocenters. The molecule has 0 saturated heterocycles. The Morgan fingerprint density at radius 2 is 0.929 bits per heavy atom. The summed E-state index contributed by atoms with van der Waals surface area (Å²) in [5.41, 5.74) is 0. The van der Waals surface area contributed by atoms with Gasteiger partial charge in [0.05, 0.1) is 0 Å². The van der Waals surface area contributed by atoms with E-state index in [1.54, 1.807) is 0 Å². The average Bonchev–Trinajstić information content (AvgIpc) is 2.70. The summed E-state index contributed by atoms with van der Waals surface area (Å²) in [6.07, 6.45) is 26.1. The second-order valence-corrected chi connectivity index (χ2v) is 8.57. The van der Waals surface area contributed by atoms with Crippen molar-refractivity contribution in [3.63, 3.8) is 0 Å². The van der Waals surface area contributed by atoms with Crippen LogP contribution in [0.2, 0.25) is 0 Å². The molecule has 0 bridgehead atoms.